The Kier molecular flexibility index (Phi) is 4.63. The van der Waals surface area contributed by atoms with Crippen LogP contribution in [0.2, 0.25) is 0 Å². The van der Waals surface area contributed by atoms with E-state index in [0.29, 0.717) is 24.4 Å². The monoisotopic (exact) mass is 397 g/mol. The maximum absolute atomic E-state index is 11.9. The molecule has 0 aliphatic carbocycles. The van der Waals surface area contributed by atoms with Gasteiger partial charge in [-0.2, -0.15) is 0 Å². The Labute approximate surface area is 170 Å². The van der Waals surface area contributed by atoms with Crippen LogP contribution in [0, 0.1) is 11.8 Å². The summed E-state index contributed by atoms with van der Waals surface area (Å²) < 4.78 is 6.52. The summed E-state index contributed by atoms with van der Waals surface area (Å²) in [5, 5.41) is 6.39. The summed E-state index contributed by atoms with van der Waals surface area (Å²) in [6.45, 7) is 4.69. The molecule has 3 saturated heterocycles. The molecule has 2 bridgehead atoms. The van der Waals surface area contributed by atoms with E-state index in [2.05, 4.69) is 39.9 Å². The molecule has 3 aliphatic rings. The predicted octanol–water partition coefficient (Wildman–Crippen LogP) is 3.71. The Balaban J connectivity index is 1.30. The Morgan fingerprint density at radius 2 is 2.25 bits per heavy atom. The molecular formula is C22H27N3O2S. The van der Waals surface area contributed by atoms with E-state index in [-0.39, 0.29) is 11.5 Å². The van der Waals surface area contributed by atoms with Crippen molar-refractivity contribution >= 4 is 22.4 Å². The Bertz CT molecular complexity index is 854. The number of anilines is 1. The van der Waals surface area contributed by atoms with Crippen LogP contribution in [0.1, 0.15) is 32.6 Å². The molecule has 5 rings (SSSR count). The summed E-state index contributed by atoms with van der Waals surface area (Å²) in [5.74, 6) is 1.08. The number of aromatic nitrogens is 1. The van der Waals surface area contributed by atoms with Gasteiger partial charge in [-0.05, 0) is 19.3 Å². The van der Waals surface area contributed by atoms with Crippen molar-refractivity contribution in [2.45, 2.75) is 44.3 Å². The molecule has 1 spiro atoms. The van der Waals surface area contributed by atoms with Crippen molar-refractivity contribution in [3.63, 3.8) is 0 Å². The molecule has 3 fully saturated rings. The third kappa shape index (κ3) is 3.03. The highest BCUT2D eigenvalue weighted by atomic mass is 32.1. The van der Waals surface area contributed by atoms with Crippen molar-refractivity contribution in [3.8, 4) is 11.3 Å². The molecule has 1 N–H and O–H groups in total. The van der Waals surface area contributed by atoms with E-state index in [1.807, 2.05) is 13.0 Å². The molecular weight excluding hydrogens is 370 g/mol. The lowest BCUT2D eigenvalue weighted by atomic mass is 9.73. The first-order valence-corrected chi connectivity index (χ1v) is 11.3. The molecule has 0 radical (unpaired) electrons. The number of nitrogens with one attached hydrogen (secondary N) is 1. The van der Waals surface area contributed by atoms with Crippen molar-refractivity contribution in [2.75, 3.05) is 24.5 Å². The number of rotatable bonds is 6. The summed E-state index contributed by atoms with van der Waals surface area (Å²) in [6.07, 6.45) is 4.07. The SMILES string of the molecule is CCCC(=O)NC[C@H]1[C@H]2CN(c3nc(-c4ccccc4)cs3)C[C@]23CC[C@H]1O3. The van der Waals surface area contributed by atoms with Gasteiger partial charge in [0.1, 0.15) is 0 Å². The summed E-state index contributed by atoms with van der Waals surface area (Å²) >= 11 is 1.72. The predicted molar refractivity (Wildman–Crippen MR) is 111 cm³/mol. The summed E-state index contributed by atoms with van der Waals surface area (Å²) in [4.78, 5) is 19.3. The Morgan fingerprint density at radius 3 is 3.07 bits per heavy atom. The van der Waals surface area contributed by atoms with Crippen LogP contribution in [0.3, 0.4) is 0 Å². The molecule has 148 valence electrons. The molecule has 4 heterocycles. The summed E-state index contributed by atoms with van der Waals surface area (Å²) in [5.41, 5.74) is 2.17. The molecule has 0 saturated carbocycles. The van der Waals surface area contributed by atoms with E-state index in [4.69, 9.17) is 9.72 Å². The fourth-order valence-electron chi connectivity index (χ4n) is 5.31. The van der Waals surface area contributed by atoms with Gasteiger partial charge in [-0.1, -0.05) is 37.3 Å². The van der Waals surface area contributed by atoms with Gasteiger partial charge in [-0.3, -0.25) is 4.79 Å². The average molecular weight is 398 g/mol. The Morgan fingerprint density at radius 1 is 1.39 bits per heavy atom. The molecule has 4 atom stereocenters. The van der Waals surface area contributed by atoms with E-state index >= 15 is 0 Å². The fraction of sp³-hybridized carbons (Fsp3) is 0.545. The van der Waals surface area contributed by atoms with Crippen LogP contribution in [-0.4, -0.2) is 42.2 Å². The lowest BCUT2D eigenvalue weighted by Gasteiger charge is -2.29. The van der Waals surface area contributed by atoms with Crippen molar-refractivity contribution in [2.24, 2.45) is 11.8 Å². The number of carbonyl (C=O) groups is 1. The minimum Gasteiger partial charge on any atom is -0.369 e. The second-order valence-corrected chi connectivity index (χ2v) is 9.18. The van der Waals surface area contributed by atoms with Gasteiger partial charge in [0.2, 0.25) is 5.91 Å². The number of amides is 1. The van der Waals surface area contributed by atoms with Crippen LogP contribution in [0.25, 0.3) is 11.3 Å². The largest absolute Gasteiger partial charge is 0.369 e. The number of benzene rings is 1. The number of nitrogens with zero attached hydrogens (tertiary/aromatic N) is 2. The number of carbonyl (C=O) groups excluding carboxylic acids is 1. The molecule has 2 aromatic rings. The minimum atomic E-state index is -0.0383. The second-order valence-electron chi connectivity index (χ2n) is 8.35. The molecule has 1 amide bonds. The van der Waals surface area contributed by atoms with E-state index in [0.717, 1.165) is 55.3 Å². The van der Waals surface area contributed by atoms with Gasteiger partial charge in [0, 0.05) is 48.8 Å². The van der Waals surface area contributed by atoms with Crippen LogP contribution in [0.5, 0.6) is 0 Å². The maximum Gasteiger partial charge on any atom is 0.219 e. The molecule has 28 heavy (non-hydrogen) atoms. The van der Waals surface area contributed by atoms with Crippen molar-refractivity contribution in [3.05, 3.63) is 35.7 Å². The highest BCUT2D eigenvalue weighted by Gasteiger charge is 2.63. The lowest BCUT2D eigenvalue weighted by Crippen LogP contribution is -2.41. The molecule has 3 aliphatic heterocycles. The van der Waals surface area contributed by atoms with Crippen molar-refractivity contribution in [1.82, 2.24) is 10.3 Å². The van der Waals surface area contributed by atoms with Gasteiger partial charge in [0.25, 0.3) is 0 Å². The van der Waals surface area contributed by atoms with Crippen molar-refractivity contribution in [1.29, 1.82) is 0 Å². The summed E-state index contributed by atoms with van der Waals surface area (Å²) in [7, 11) is 0. The number of hydrogen-bond donors (Lipinski definition) is 1. The zero-order valence-electron chi connectivity index (χ0n) is 16.3. The van der Waals surface area contributed by atoms with Crippen LogP contribution in [-0.2, 0) is 9.53 Å². The van der Waals surface area contributed by atoms with E-state index < -0.39 is 0 Å². The second kappa shape index (κ2) is 7.16. The molecule has 0 unspecified atom stereocenters. The highest BCUT2D eigenvalue weighted by molar-refractivity contribution is 7.14. The van der Waals surface area contributed by atoms with Gasteiger partial charge in [-0.15, -0.1) is 11.3 Å². The average Bonchev–Trinajstić information content (AvgIpc) is 3.46. The first-order valence-electron chi connectivity index (χ1n) is 10.4. The highest BCUT2D eigenvalue weighted by Crippen LogP contribution is 2.55. The van der Waals surface area contributed by atoms with Crippen molar-refractivity contribution < 1.29 is 9.53 Å². The fourth-order valence-corrected chi connectivity index (χ4v) is 6.15. The number of thiazole rings is 1. The number of hydrogen-bond acceptors (Lipinski definition) is 5. The summed E-state index contributed by atoms with van der Waals surface area (Å²) in [6, 6.07) is 10.4. The van der Waals surface area contributed by atoms with Gasteiger partial charge >= 0.3 is 0 Å². The molecule has 6 heteroatoms. The third-order valence-corrected chi connectivity index (χ3v) is 7.53. The van der Waals surface area contributed by atoms with Gasteiger partial charge in [0.15, 0.2) is 5.13 Å². The third-order valence-electron chi connectivity index (χ3n) is 6.63. The number of fused-ring (bicyclic) bond motifs is 1. The topological polar surface area (TPSA) is 54.5 Å². The smallest absolute Gasteiger partial charge is 0.219 e. The Hall–Kier alpha value is -1.92. The zero-order chi connectivity index (χ0) is 19.1. The van der Waals surface area contributed by atoms with E-state index in [1.165, 1.54) is 0 Å². The van der Waals surface area contributed by atoms with Crippen LogP contribution in [0.15, 0.2) is 35.7 Å². The molecule has 1 aromatic heterocycles. The minimum absolute atomic E-state index is 0.0383. The number of ether oxygens (including phenoxy) is 1. The maximum atomic E-state index is 11.9. The zero-order valence-corrected chi connectivity index (χ0v) is 17.1. The van der Waals surface area contributed by atoms with Gasteiger partial charge in [-0.25, -0.2) is 4.98 Å². The standard InChI is InChI=1S/C22H27N3O2S/c1-2-6-20(26)23-11-16-17-12-25(14-22(17)10-9-19(16)27-22)21-24-18(13-28-21)15-7-4-3-5-8-15/h3-5,7-8,13,16-17,19H,2,6,9-12,14H2,1H3,(H,23,26)/t16-,17+,19+,22+/m0/s1. The van der Waals surface area contributed by atoms with E-state index in [1.54, 1.807) is 11.3 Å². The van der Waals surface area contributed by atoms with Gasteiger partial charge in [0.05, 0.1) is 17.4 Å². The van der Waals surface area contributed by atoms with Gasteiger partial charge < -0.3 is 15.0 Å². The normalized spacial score (nSPS) is 30.6. The van der Waals surface area contributed by atoms with Crippen LogP contribution in [0.4, 0.5) is 5.13 Å². The first kappa shape index (κ1) is 18.1. The quantitative estimate of drug-likeness (QED) is 0.807. The molecule has 1 aromatic carbocycles. The van der Waals surface area contributed by atoms with E-state index in [9.17, 15) is 4.79 Å². The van der Waals surface area contributed by atoms with Crippen LogP contribution < -0.4 is 10.2 Å². The first-order chi connectivity index (χ1) is 13.7. The lowest BCUT2D eigenvalue weighted by molar-refractivity contribution is -0.121. The van der Waals surface area contributed by atoms with Crippen LogP contribution >= 0.6 is 11.3 Å². The molecule has 5 nitrogen and oxygen atoms in total.